The first-order valence-corrected chi connectivity index (χ1v) is 8.98. The largest absolute Gasteiger partial charge is 0.379 e. The molecule has 0 saturated heterocycles. The number of hydrogen-bond donors (Lipinski definition) is 3. The highest BCUT2D eigenvalue weighted by Gasteiger charge is 2.02. The summed E-state index contributed by atoms with van der Waals surface area (Å²) in [5, 5.41) is 5.80. The van der Waals surface area contributed by atoms with E-state index in [0.29, 0.717) is 51.9 Å². The highest BCUT2D eigenvalue weighted by atomic mass is 16.5. The van der Waals surface area contributed by atoms with Crippen LogP contribution in [0.25, 0.3) is 0 Å². The van der Waals surface area contributed by atoms with E-state index in [9.17, 15) is 4.79 Å². The molecule has 1 unspecified atom stereocenters. The van der Waals surface area contributed by atoms with Gasteiger partial charge in [0.15, 0.2) is 0 Å². The molecule has 0 radical (unpaired) electrons. The molecule has 0 aromatic heterocycles. The molecule has 1 atom stereocenters. The van der Waals surface area contributed by atoms with Crippen LogP contribution in [0.3, 0.4) is 0 Å². The standard InChI is InChI=1S/C18H35N3O4/c1-16(2)6-4-10-21-18(22)8-11-23-12-13-24-14-15-25-17(19)7-5-9-20-3/h16-17,20H,5,7-15,19H2,1-3H3,(H,21,22). The summed E-state index contributed by atoms with van der Waals surface area (Å²) >= 11 is 0. The van der Waals surface area contributed by atoms with Crippen LogP contribution in [-0.2, 0) is 19.0 Å². The van der Waals surface area contributed by atoms with Crippen LogP contribution >= 0.6 is 0 Å². The first-order valence-electron chi connectivity index (χ1n) is 8.98. The summed E-state index contributed by atoms with van der Waals surface area (Å²) in [7, 11) is 1.91. The number of carbonyl (C=O) groups excluding carboxylic acids is 1. The van der Waals surface area contributed by atoms with Crippen LogP contribution in [0.5, 0.6) is 0 Å². The number of carbonyl (C=O) groups is 1. The lowest BCUT2D eigenvalue weighted by molar-refractivity contribution is -0.122. The molecule has 0 aromatic carbocycles. The predicted octanol–water partition coefficient (Wildman–Crippen LogP) is 0.486. The quantitative estimate of drug-likeness (QED) is 0.224. The minimum absolute atomic E-state index is 0.0559. The molecule has 0 spiro atoms. The van der Waals surface area contributed by atoms with Crippen LogP contribution in [0.4, 0.5) is 0 Å². The second-order valence-corrected chi connectivity index (χ2v) is 5.88. The molecule has 0 heterocycles. The van der Waals surface area contributed by atoms with Crippen molar-refractivity contribution in [1.82, 2.24) is 10.6 Å². The van der Waals surface area contributed by atoms with Gasteiger partial charge in [-0.05, 0) is 26.4 Å². The number of rotatable bonds is 15. The molecule has 0 aliphatic carbocycles. The monoisotopic (exact) mass is 357 g/mol. The molecule has 0 aromatic rings. The Hall–Kier alpha value is -1.17. The third kappa shape index (κ3) is 19.0. The van der Waals surface area contributed by atoms with Gasteiger partial charge >= 0.3 is 0 Å². The Morgan fingerprint density at radius 3 is 2.48 bits per heavy atom. The van der Waals surface area contributed by atoms with Crippen LogP contribution in [0.15, 0.2) is 0 Å². The molecule has 7 heteroatoms. The maximum atomic E-state index is 11.5. The van der Waals surface area contributed by atoms with Crippen molar-refractivity contribution in [3.8, 4) is 11.8 Å². The van der Waals surface area contributed by atoms with Gasteiger partial charge in [0.1, 0.15) is 6.23 Å². The van der Waals surface area contributed by atoms with Gasteiger partial charge in [0.05, 0.1) is 39.6 Å². The Balaban J connectivity index is 3.31. The van der Waals surface area contributed by atoms with Crippen molar-refractivity contribution < 1.29 is 19.0 Å². The molecule has 7 nitrogen and oxygen atoms in total. The van der Waals surface area contributed by atoms with Gasteiger partial charge in [-0.3, -0.25) is 4.79 Å². The van der Waals surface area contributed by atoms with Gasteiger partial charge in [0, 0.05) is 12.3 Å². The second kappa shape index (κ2) is 17.6. The zero-order valence-electron chi connectivity index (χ0n) is 15.9. The normalized spacial score (nSPS) is 11.9. The molecule has 0 rings (SSSR count). The first-order chi connectivity index (χ1) is 12.1. The predicted molar refractivity (Wildman–Crippen MR) is 99.0 cm³/mol. The SMILES string of the molecule is CNCCCC(N)OCCOCCOCCC(=O)NCC#CC(C)C. The Morgan fingerprint density at radius 1 is 1.12 bits per heavy atom. The van der Waals surface area contributed by atoms with E-state index in [1.807, 2.05) is 20.9 Å². The van der Waals surface area contributed by atoms with Gasteiger partial charge in [0.2, 0.25) is 5.91 Å². The Morgan fingerprint density at radius 2 is 1.80 bits per heavy atom. The molecule has 4 N–H and O–H groups in total. The number of ether oxygens (including phenoxy) is 3. The van der Waals surface area contributed by atoms with Gasteiger partial charge in [0.25, 0.3) is 0 Å². The Bertz CT molecular complexity index is 380. The second-order valence-electron chi connectivity index (χ2n) is 5.88. The van der Waals surface area contributed by atoms with Gasteiger partial charge < -0.3 is 30.6 Å². The minimum atomic E-state index is -0.239. The lowest BCUT2D eigenvalue weighted by Gasteiger charge is -2.13. The smallest absolute Gasteiger partial charge is 0.223 e. The van der Waals surface area contributed by atoms with Gasteiger partial charge in [-0.15, -0.1) is 0 Å². The number of nitrogens with one attached hydrogen (secondary N) is 2. The Kier molecular flexibility index (Phi) is 16.8. The average Bonchev–Trinajstić information content (AvgIpc) is 2.57. The van der Waals surface area contributed by atoms with Crippen molar-refractivity contribution in [3.05, 3.63) is 0 Å². The van der Waals surface area contributed by atoms with E-state index in [1.165, 1.54) is 0 Å². The zero-order valence-corrected chi connectivity index (χ0v) is 15.9. The van der Waals surface area contributed by atoms with Crippen LogP contribution in [0.1, 0.15) is 33.1 Å². The van der Waals surface area contributed by atoms with E-state index in [0.717, 1.165) is 19.4 Å². The van der Waals surface area contributed by atoms with E-state index < -0.39 is 0 Å². The van der Waals surface area contributed by atoms with Gasteiger partial charge in [-0.25, -0.2) is 0 Å². The van der Waals surface area contributed by atoms with Crippen LogP contribution in [-0.4, -0.2) is 65.3 Å². The average molecular weight is 357 g/mol. The van der Waals surface area contributed by atoms with Crippen molar-refractivity contribution in [2.75, 3.05) is 53.2 Å². The van der Waals surface area contributed by atoms with Crippen LogP contribution < -0.4 is 16.4 Å². The fraction of sp³-hybridized carbons (Fsp3) is 0.833. The van der Waals surface area contributed by atoms with Crippen molar-refractivity contribution >= 4 is 5.91 Å². The molecule has 25 heavy (non-hydrogen) atoms. The maximum absolute atomic E-state index is 11.5. The van der Waals surface area contributed by atoms with E-state index >= 15 is 0 Å². The summed E-state index contributed by atoms with van der Waals surface area (Å²) in [5.74, 6) is 6.15. The Labute approximate surface area is 152 Å². The molecule has 0 aliphatic heterocycles. The fourth-order valence-electron chi connectivity index (χ4n) is 1.79. The minimum Gasteiger partial charge on any atom is -0.379 e. The molecule has 1 amide bonds. The van der Waals surface area contributed by atoms with E-state index in [4.69, 9.17) is 19.9 Å². The molecule has 0 fully saturated rings. The van der Waals surface area contributed by atoms with E-state index in [1.54, 1.807) is 0 Å². The van der Waals surface area contributed by atoms with Crippen molar-refractivity contribution in [2.24, 2.45) is 11.7 Å². The fourth-order valence-corrected chi connectivity index (χ4v) is 1.79. The number of nitrogens with two attached hydrogens (primary N) is 1. The maximum Gasteiger partial charge on any atom is 0.223 e. The van der Waals surface area contributed by atoms with E-state index in [2.05, 4.69) is 22.5 Å². The number of amides is 1. The molecule has 0 aliphatic rings. The number of hydrogen-bond acceptors (Lipinski definition) is 6. The molecular weight excluding hydrogens is 322 g/mol. The molecular formula is C18H35N3O4. The van der Waals surface area contributed by atoms with Crippen molar-refractivity contribution in [1.29, 1.82) is 0 Å². The third-order valence-corrected chi connectivity index (χ3v) is 3.09. The van der Waals surface area contributed by atoms with Crippen molar-refractivity contribution in [3.63, 3.8) is 0 Å². The third-order valence-electron chi connectivity index (χ3n) is 3.09. The van der Waals surface area contributed by atoms with Crippen molar-refractivity contribution in [2.45, 2.75) is 39.3 Å². The summed E-state index contributed by atoms with van der Waals surface area (Å²) in [6.07, 6.45) is 1.91. The lowest BCUT2D eigenvalue weighted by atomic mass is 10.2. The summed E-state index contributed by atoms with van der Waals surface area (Å²) in [6.45, 7) is 7.60. The van der Waals surface area contributed by atoms with Gasteiger partial charge in [-0.1, -0.05) is 25.7 Å². The molecule has 0 saturated carbocycles. The summed E-state index contributed by atoms with van der Waals surface area (Å²) < 4.78 is 16.2. The highest BCUT2D eigenvalue weighted by Crippen LogP contribution is 1.95. The van der Waals surface area contributed by atoms with Crippen LogP contribution in [0.2, 0.25) is 0 Å². The summed E-state index contributed by atoms with van der Waals surface area (Å²) in [5.41, 5.74) is 5.80. The summed E-state index contributed by atoms with van der Waals surface area (Å²) in [6, 6.07) is 0. The molecule has 0 bridgehead atoms. The summed E-state index contributed by atoms with van der Waals surface area (Å²) in [4.78, 5) is 11.5. The first kappa shape index (κ1) is 23.8. The van der Waals surface area contributed by atoms with E-state index in [-0.39, 0.29) is 12.1 Å². The topological polar surface area (TPSA) is 94.8 Å². The van der Waals surface area contributed by atoms with Gasteiger partial charge in [-0.2, -0.15) is 0 Å². The van der Waals surface area contributed by atoms with Crippen LogP contribution in [0, 0.1) is 17.8 Å². The molecule has 146 valence electrons. The lowest BCUT2D eigenvalue weighted by Crippen LogP contribution is -2.27. The highest BCUT2D eigenvalue weighted by molar-refractivity contribution is 5.76. The zero-order chi connectivity index (χ0) is 18.8.